The van der Waals surface area contributed by atoms with Crippen molar-refractivity contribution in [1.82, 2.24) is 5.01 Å². The molecule has 6 heteroatoms. The molecular weight excluding hydrogens is 218 g/mol. The van der Waals surface area contributed by atoms with E-state index in [4.69, 9.17) is 11.6 Å². The summed E-state index contributed by atoms with van der Waals surface area (Å²) < 4.78 is 0. The molecule has 82 valence electrons. The van der Waals surface area contributed by atoms with Gasteiger partial charge in [-0.25, -0.2) is 5.01 Å². The van der Waals surface area contributed by atoms with Gasteiger partial charge in [-0.2, -0.15) is 0 Å². The first-order chi connectivity index (χ1) is 6.91. The molecule has 15 heavy (non-hydrogen) atoms. The van der Waals surface area contributed by atoms with Crippen LogP contribution in [0.2, 0.25) is 5.02 Å². The van der Waals surface area contributed by atoms with Gasteiger partial charge >= 0.3 is 0 Å². The highest BCUT2D eigenvalue weighted by atomic mass is 35.5. The lowest BCUT2D eigenvalue weighted by molar-refractivity contribution is -0.384. The van der Waals surface area contributed by atoms with Gasteiger partial charge in [0.05, 0.1) is 10.6 Å². The number of benzene rings is 1. The molecular formula is C9H12ClN3O2. The average Bonchev–Trinajstić information content (AvgIpc) is 2.09. The van der Waals surface area contributed by atoms with Gasteiger partial charge in [0.25, 0.3) is 5.69 Å². The molecule has 0 aromatic heterocycles. The van der Waals surface area contributed by atoms with E-state index in [1.165, 1.54) is 6.07 Å². The van der Waals surface area contributed by atoms with Crippen molar-refractivity contribution in [3.8, 4) is 0 Å². The van der Waals surface area contributed by atoms with E-state index >= 15 is 0 Å². The van der Waals surface area contributed by atoms with Crippen molar-refractivity contribution in [1.29, 1.82) is 0 Å². The number of nitro benzene ring substituents is 1. The Bertz CT molecular complexity index is 393. The van der Waals surface area contributed by atoms with E-state index in [1.807, 2.05) is 14.1 Å². The standard InChI is InChI=1S/C9H12ClN3O2/c1-6-4-9(13(14)15)7(10)5-8(6)11-12(2)3/h4-5,11H,1-3H3. The summed E-state index contributed by atoms with van der Waals surface area (Å²) in [7, 11) is 3.66. The third-order valence-electron chi connectivity index (χ3n) is 1.83. The van der Waals surface area contributed by atoms with Gasteiger partial charge in [-0.3, -0.25) is 10.1 Å². The molecule has 0 heterocycles. The summed E-state index contributed by atoms with van der Waals surface area (Å²) >= 11 is 5.78. The van der Waals surface area contributed by atoms with Gasteiger partial charge in [0.2, 0.25) is 0 Å². The topological polar surface area (TPSA) is 58.4 Å². The van der Waals surface area contributed by atoms with Gasteiger partial charge < -0.3 is 5.43 Å². The second-order valence-corrected chi connectivity index (χ2v) is 3.79. The Balaban J connectivity index is 3.13. The summed E-state index contributed by atoms with van der Waals surface area (Å²) in [5.41, 5.74) is 4.47. The molecule has 0 unspecified atom stereocenters. The lowest BCUT2D eigenvalue weighted by Crippen LogP contribution is -2.20. The number of hydrogen-bond donors (Lipinski definition) is 1. The van der Waals surface area contributed by atoms with Crippen LogP contribution in [0, 0.1) is 17.0 Å². The molecule has 0 amide bonds. The minimum atomic E-state index is -0.491. The fraction of sp³-hybridized carbons (Fsp3) is 0.333. The third-order valence-corrected chi connectivity index (χ3v) is 2.14. The monoisotopic (exact) mass is 229 g/mol. The Hall–Kier alpha value is -1.33. The highest BCUT2D eigenvalue weighted by molar-refractivity contribution is 6.33. The van der Waals surface area contributed by atoms with Crippen LogP contribution < -0.4 is 5.43 Å². The average molecular weight is 230 g/mol. The zero-order valence-electron chi connectivity index (χ0n) is 8.74. The number of anilines is 1. The first kappa shape index (κ1) is 11.7. The van der Waals surface area contributed by atoms with Crippen LogP contribution in [0.5, 0.6) is 0 Å². The Morgan fingerprint density at radius 1 is 1.47 bits per heavy atom. The molecule has 0 aliphatic heterocycles. The fourth-order valence-corrected chi connectivity index (χ4v) is 1.40. The van der Waals surface area contributed by atoms with Gasteiger partial charge in [-0.05, 0) is 18.6 Å². The van der Waals surface area contributed by atoms with Crippen LogP contribution in [0.1, 0.15) is 5.56 Å². The van der Waals surface area contributed by atoms with Crippen LogP contribution in [-0.2, 0) is 0 Å². The molecule has 1 aromatic carbocycles. The van der Waals surface area contributed by atoms with E-state index in [9.17, 15) is 10.1 Å². The molecule has 0 bridgehead atoms. The van der Waals surface area contributed by atoms with Crippen LogP contribution >= 0.6 is 11.6 Å². The zero-order chi connectivity index (χ0) is 11.6. The number of halogens is 1. The van der Waals surface area contributed by atoms with Crippen LogP contribution in [0.4, 0.5) is 11.4 Å². The van der Waals surface area contributed by atoms with Crippen molar-refractivity contribution in [2.45, 2.75) is 6.92 Å². The predicted molar refractivity (Wildman–Crippen MR) is 60.2 cm³/mol. The lowest BCUT2D eigenvalue weighted by atomic mass is 10.2. The predicted octanol–water partition coefficient (Wildman–Crippen LogP) is 2.45. The number of aryl methyl sites for hydroxylation is 1. The van der Waals surface area contributed by atoms with Gasteiger partial charge in [-0.15, -0.1) is 0 Å². The van der Waals surface area contributed by atoms with E-state index in [0.29, 0.717) is 0 Å². The van der Waals surface area contributed by atoms with Crippen molar-refractivity contribution in [3.63, 3.8) is 0 Å². The number of rotatable bonds is 3. The molecule has 0 atom stereocenters. The van der Waals surface area contributed by atoms with Gasteiger partial charge in [-0.1, -0.05) is 11.6 Å². The molecule has 1 N–H and O–H groups in total. The largest absolute Gasteiger partial charge is 0.319 e. The quantitative estimate of drug-likeness (QED) is 0.639. The van der Waals surface area contributed by atoms with Crippen LogP contribution in [0.3, 0.4) is 0 Å². The van der Waals surface area contributed by atoms with Crippen molar-refractivity contribution in [3.05, 3.63) is 32.8 Å². The number of nitrogens with zero attached hydrogens (tertiary/aromatic N) is 2. The highest BCUT2D eigenvalue weighted by Gasteiger charge is 2.14. The summed E-state index contributed by atoms with van der Waals surface area (Å²) in [5, 5.41) is 12.5. The van der Waals surface area contributed by atoms with Crippen molar-refractivity contribution >= 4 is 23.0 Å². The molecule has 0 radical (unpaired) electrons. The van der Waals surface area contributed by atoms with Crippen molar-refractivity contribution < 1.29 is 4.92 Å². The molecule has 0 spiro atoms. The number of hydrogen-bond acceptors (Lipinski definition) is 4. The molecule has 0 saturated carbocycles. The first-order valence-corrected chi connectivity index (χ1v) is 4.68. The van der Waals surface area contributed by atoms with E-state index in [0.717, 1.165) is 11.3 Å². The lowest BCUT2D eigenvalue weighted by Gasteiger charge is -2.15. The maximum absolute atomic E-state index is 10.6. The van der Waals surface area contributed by atoms with Crippen molar-refractivity contribution in [2.75, 3.05) is 19.5 Å². The molecule has 5 nitrogen and oxygen atoms in total. The Kier molecular flexibility index (Phi) is 3.49. The Morgan fingerprint density at radius 2 is 2.07 bits per heavy atom. The molecule has 0 aliphatic carbocycles. The van der Waals surface area contributed by atoms with E-state index in [2.05, 4.69) is 5.43 Å². The minimum absolute atomic E-state index is 0.0709. The van der Waals surface area contributed by atoms with Crippen LogP contribution in [0.25, 0.3) is 0 Å². The van der Waals surface area contributed by atoms with Gasteiger partial charge in [0.1, 0.15) is 5.02 Å². The summed E-state index contributed by atoms with van der Waals surface area (Å²) in [6.45, 7) is 1.79. The molecule has 0 saturated heterocycles. The second kappa shape index (κ2) is 4.46. The highest BCUT2D eigenvalue weighted by Crippen LogP contribution is 2.30. The number of nitro groups is 1. The van der Waals surface area contributed by atoms with Crippen molar-refractivity contribution in [2.24, 2.45) is 0 Å². The summed E-state index contributed by atoms with van der Waals surface area (Å²) in [6.07, 6.45) is 0. The van der Waals surface area contributed by atoms with Gasteiger partial charge in [0, 0.05) is 20.2 Å². The zero-order valence-corrected chi connectivity index (χ0v) is 9.50. The molecule has 1 aromatic rings. The van der Waals surface area contributed by atoms with Gasteiger partial charge in [0.15, 0.2) is 0 Å². The SMILES string of the molecule is Cc1cc([N+](=O)[O-])c(Cl)cc1NN(C)C. The Labute approximate surface area is 92.8 Å². The fourth-order valence-electron chi connectivity index (χ4n) is 1.17. The van der Waals surface area contributed by atoms with E-state index in [1.54, 1.807) is 18.0 Å². The summed E-state index contributed by atoms with van der Waals surface area (Å²) in [5.74, 6) is 0. The summed E-state index contributed by atoms with van der Waals surface area (Å²) in [6, 6.07) is 3.00. The molecule has 1 rings (SSSR count). The number of hydrazine groups is 1. The first-order valence-electron chi connectivity index (χ1n) is 4.30. The summed E-state index contributed by atoms with van der Waals surface area (Å²) in [4.78, 5) is 10.1. The van der Waals surface area contributed by atoms with Crippen LogP contribution in [0.15, 0.2) is 12.1 Å². The second-order valence-electron chi connectivity index (χ2n) is 3.38. The maximum atomic E-state index is 10.6. The number of nitrogens with one attached hydrogen (secondary N) is 1. The van der Waals surface area contributed by atoms with E-state index < -0.39 is 4.92 Å². The van der Waals surface area contributed by atoms with E-state index in [-0.39, 0.29) is 10.7 Å². The third kappa shape index (κ3) is 2.81. The Morgan fingerprint density at radius 3 is 2.53 bits per heavy atom. The minimum Gasteiger partial charge on any atom is -0.319 e. The smallest absolute Gasteiger partial charge is 0.288 e. The molecule has 0 fully saturated rings. The molecule has 0 aliphatic rings. The normalized spacial score (nSPS) is 10.5. The van der Waals surface area contributed by atoms with Crippen LogP contribution in [-0.4, -0.2) is 24.0 Å². The maximum Gasteiger partial charge on any atom is 0.288 e.